The van der Waals surface area contributed by atoms with Gasteiger partial charge in [0.1, 0.15) is 34.2 Å². The zero-order valence-corrected chi connectivity index (χ0v) is 39.5. The Morgan fingerprint density at radius 1 is 0.509 bits per heavy atom. The third-order valence-corrected chi connectivity index (χ3v) is 17.2. The van der Waals surface area contributed by atoms with Crippen LogP contribution in [0.4, 0.5) is 0 Å². The second-order valence-electron chi connectivity index (χ2n) is 18.4. The second kappa shape index (κ2) is 19.1. The van der Waals surface area contributed by atoms with Gasteiger partial charge < -0.3 is 10.1 Å². The zero-order chi connectivity index (χ0) is 42.1. The average molecular weight is 861 g/mol. The number of nitrogens with zero attached hydrogens (tertiary/aromatic N) is 2. The third kappa shape index (κ3) is 12.2. The summed E-state index contributed by atoms with van der Waals surface area (Å²) in [5.41, 5.74) is 5.48. The van der Waals surface area contributed by atoms with Crippen LogP contribution in [-0.4, -0.2) is 15.0 Å². The van der Waals surface area contributed by atoms with Gasteiger partial charge >= 0.3 is 107 Å². The first kappa shape index (κ1) is 45.7. The maximum atomic E-state index is 11.5. The number of benzene rings is 5. The van der Waals surface area contributed by atoms with E-state index in [1.807, 2.05) is 26.0 Å². The molecule has 1 aromatic heterocycles. The molecule has 3 nitrogen and oxygen atoms in total. The van der Waals surface area contributed by atoms with Gasteiger partial charge in [0.15, 0.2) is 0 Å². The molecule has 0 aliphatic rings. The number of aromatic nitrogens is 1. The molecule has 57 heavy (non-hydrogen) atoms. The average Bonchev–Trinajstić information content (AvgIpc) is 3.55. The Bertz CT molecular complexity index is 2070. The molecule has 0 amide bonds. The summed E-state index contributed by atoms with van der Waals surface area (Å²) in [6.07, 6.45) is 0. The van der Waals surface area contributed by atoms with Crippen molar-refractivity contribution >= 4 is 32.9 Å². The fourth-order valence-corrected chi connectivity index (χ4v) is 12.8. The smallest absolute Gasteiger partial charge is 0.144 e. The Hall–Kier alpha value is -4.03. The van der Waals surface area contributed by atoms with E-state index in [9.17, 15) is 5.11 Å². The van der Waals surface area contributed by atoms with Crippen molar-refractivity contribution in [1.82, 2.24) is 4.98 Å². The van der Waals surface area contributed by atoms with Crippen molar-refractivity contribution in [3.05, 3.63) is 174 Å². The molecule has 0 unspecified atom stereocenters. The molecule has 300 valence electrons. The van der Waals surface area contributed by atoms with Gasteiger partial charge in [-0.25, -0.2) is 0 Å². The molecule has 0 bridgehead atoms. The minimum Gasteiger partial charge on any atom is -0.665 e. The SMILES string of the molecule is CC(C)(C)[N]=[Mo]=[CH]C(C)(C)c1ccccc1.CC(C)(C)c1cc([P+](c2ccccc2)(c2ccccc2)c2ccccc2)cc(C(C)(C)C)c1O.Cc1ccc(C)[n-]1. The third-order valence-electron chi connectivity index (χ3n) is 9.64. The Morgan fingerprint density at radius 2 is 0.860 bits per heavy atom. The largest absolute Gasteiger partial charge is 0.665 e. The Kier molecular flexibility index (Phi) is 15.3. The molecule has 0 saturated carbocycles. The van der Waals surface area contributed by atoms with E-state index in [4.69, 9.17) is 3.50 Å². The van der Waals surface area contributed by atoms with Crippen LogP contribution in [0.2, 0.25) is 0 Å². The number of phenols is 1. The molecule has 0 radical (unpaired) electrons. The van der Waals surface area contributed by atoms with E-state index < -0.39 is 7.26 Å². The van der Waals surface area contributed by atoms with Gasteiger partial charge in [0, 0.05) is 11.1 Å². The van der Waals surface area contributed by atoms with Crippen LogP contribution in [0.5, 0.6) is 5.75 Å². The van der Waals surface area contributed by atoms with Gasteiger partial charge in [0.2, 0.25) is 0 Å². The van der Waals surface area contributed by atoms with Crippen LogP contribution in [0.25, 0.3) is 0 Å². The van der Waals surface area contributed by atoms with Crippen LogP contribution in [0.15, 0.2) is 149 Å². The summed E-state index contributed by atoms with van der Waals surface area (Å²) in [5, 5.41) is 16.7. The van der Waals surface area contributed by atoms with Crippen molar-refractivity contribution in [3.63, 3.8) is 0 Å². The first-order chi connectivity index (χ1) is 26.7. The summed E-state index contributed by atoms with van der Waals surface area (Å²) in [6.45, 7) is 28.1. The minimum absolute atomic E-state index is 0.117. The van der Waals surface area contributed by atoms with E-state index >= 15 is 0 Å². The van der Waals surface area contributed by atoms with Gasteiger partial charge in [-0.2, -0.15) is 11.4 Å². The molecule has 0 fully saturated rings. The van der Waals surface area contributed by atoms with Crippen molar-refractivity contribution in [1.29, 1.82) is 0 Å². The van der Waals surface area contributed by atoms with Gasteiger partial charge in [0.25, 0.3) is 0 Å². The van der Waals surface area contributed by atoms with Gasteiger partial charge in [-0.05, 0) is 59.4 Å². The van der Waals surface area contributed by atoms with Crippen LogP contribution < -0.4 is 26.2 Å². The molecule has 0 aliphatic heterocycles. The summed E-state index contributed by atoms with van der Waals surface area (Å²) in [5.74, 6) is 0.427. The molecule has 6 rings (SSSR count). The van der Waals surface area contributed by atoms with Crippen LogP contribution in [-0.2, 0) is 34.2 Å². The summed E-state index contributed by atoms with van der Waals surface area (Å²) in [6, 6.07) is 52.0. The summed E-state index contributed by atoms with van der Waals surface area (Å²) in [4.78, 5) is 4.11. The first-order valence-corrected chi connectivity index (χ1v) is 23.8. The maximum absolute atomic E-state index is 11.5. The molecule has 1 heterocycles. The molecule has 1 N–H and O–H groups in total. The van der Waals surface area contributed by atoms with E-state index in [-0.39, 0.29) is 39.7 Å². The molecule has 5 aromatic carbocycles. The number of phenolic OH excluding ortho intramolecular Hbond substituents is 1. The molecule has 0 atom stereocenters. The Morgan fingerprint density at radius 3 is 1.16 bits per heavy atom. The summed E-state index contributed by atoms with van der Waals surface area (Å²) in [7, 11) is -2.23. The van der Waals surface area contributed by atoms with Gasteiger partial charge in [0.05, 0.1) is 0 Å². The molecule has 0 aliphatic carbocycles. The number of aryl methyl sites for hydroxylation is 2. The number of hydrogen-bond acceptors (Lipinski definition) is 2. The first-order valence-electron chi connectivity index (χ1n) is 20.0. The summed E-state index contributed by atoms with van der Waals surface area (Å²) >= 11 is -0.361. The van der Waals surface area contributed by atoms with E-state index in [2.05, 4.69) is 219 Å². The van der Waals surface area contributed by atoms with Crippen molar-refractivity contribution in [2.24, 2.45) is 3.50 Å². The normalized spacial score (nSPS) is 12.0. The van der Waals surface area contributed by atoms with Crippen molar-refractivity contribution in [3.8, 4) is 5.75 Å². The summed E-state index contributed by atoms with van der Waals surface area (Å²) < 4.78 is 7.16. The number of rotatable bonds is 6. The molecule has 6 aromatic rings. The van der Waals surface area contributed by atoms with Gasteiger partial charge in [-0.3, -0.25) is 0 Å². The molecule has 5 heteroatoms. The fraction of sp³-hybridized carbons (Fsp3) is 0.327. The van der Waals surface area contributed by atoms with Crippen LogP contribution in [0.1, 0.15) is 104 Å². The monoisotopic (exact) mass is 862 g/mol. The van der Waals surface area contributed by atoms with Crippen LogP contribution >= 0.6 is 7.26 Å². The van der Waals surface area contributed by atoms with Gasteiger partial charge in [-0.1, -0.05) is 122 Å². The van der Waals surface area contributed by atoms with E-state index in [1.165, 1.54) is 26.8 Å². The van der Waals surface area contributed by atoms with E-state index in [1.54, 1.807) is 0 Å². The molecule has 0 spiro atoms. The topological polar surface area (TPSA) is 46.7 Å². The Balaban J connectivity index is 0.000000257. The van der Waals surface area contributed by atoms with Crippen molar-refractivity contribution < 1.29 is 23.0 Å². The van der Waals surface area contributed by atoms with Crippen molar-refractivity contribution in [2.45, 2.75) is 112 Å². The van der Waals surface area contributed by atoms with Crippen LogP contribution in [0.3, 0.4) is 0 Å². The van der Waals surface area contributed by atoms with E-state index in [0.717, 1.165) is 22.5 Å². The fourth-order valence-electron chi connectivity index (χ4n) is 6.65. The molecule has 0 saturated heterocycles. The predicted molar refractivity (Wildman–Crippen MR) is 247 cm³/mol. The predicted octanol–water partition coefficient (Wildman–Crippen LogP) is 11.7. The second-order valence-corrected chi connectivity index (χ2v) is 23.3. The maximum Gasteiger partial charge on any atom is 0.144 e. The number of aromatic hydroxyl groups is 1. The van der Waals surface area contributed by atoms with Crippen molar-refractivity contribution in [2.75, 3.05) is 0 Å². The molecular formula is C52H65MoN2OP. The molecular weight excluding hydrogens is 795 g/mol. The van der Waals surface area contributed by atoms with E-state index in [0.29, 0.717) is 5.75 Å². The van der Waals surface area contributed by atoms with Gasteiger partial charge in [-0.15, -0.1) is 0 Å². The quantitative estimate of drug-likeness (QED) is 0.134. The zero-order valence-electron chi connectivity index (χ0n) is 36.6. The standard InChI is InChI=1S/C32H35OP.C10H12.C6H8N.C4H9N.Mo/c1-31(2,3)28-22-27(23-29(30(28)33)32(4,5)6)34(24-16-10-7-11-17-24,25-18-12-8-13-19-25)26-20-14-9-15-21-26;1-10(2,3)9-7-5-4-6-8-9;1-5-3-4-6(2)7-5;1-4(2,3)5;/h7-23H,1-6H3;1,4-8H,2-3H3;3-4H,1-2H3;1-3H3;/q;;-1;;/p+1. The minimum atomic E-state index is -2.23. The number of hydrogen-bond donors (Lipinski definition) is 1. The Labute approximate surface area is 353 Å². The van der Waals surface area contributed by atoms with Crippen LogP contribution in [0, 0.1) is 13.8 Å².